The zero-order valence-corrected chi connectivity index (χ0v) is 15.6. The first kappa shape index (κ1) is 17.0. The lowest BCUT2D eigenvalue weighted by Gasteiger charge is -2.32. The molecule has 9 nitrogen and oxygen atoms in total. The third-order valence-electron chi connectivity index (χ3n) is 5.55. The second-order valence-corrected chi connectivity index (χ2v) is 7.56. The Morgan fingerprint density at radius 3 is 2.61 bits per heavy atom. The van der Waals surface area contributed by atoms with Crippen molar-refractivity contribution in [2.24, 2.45) is 5.92 Å². The summed E-state index contributed by atoms with van der Waals surface area (Å²) in [6.45, 7) is 2.49. The van der Waals surface area contributed by atoms with Gasteiger partial charge in [0.05, 0.1) is 0 Å². The predicted molar refractivity (Wildman–Crippen MR) is 102 cm³/mol. The van der Waals surface area contributed by atoms with E-state index in [2.05, 4.69) is 36.1 Å². The molecular formula is C19H22N8O. The fourth-order valence-electron chi connectivity index (χ4n) is 3.74. The lowest BCUT2D eigenvalue weighted by Crippen LogP contribution is -2.37. The first-order valence-corrected chi connectivity index (χ1v) is 9.76. The van der Waals surface area contributed by atoms with Gasteiger partial charge in [-0.25, -0.2) is 24.3 Å². The van der Waals surface area contributed by atoms with Crippen LogP contribution in [0.25, 0.3) is 5.82 Å². The van der Waals surface area contributed by atoms with Crippen LogP contribution in [0.4, 0.5) is 5.82 Å². The summed E-state index contributed by atoms with van der Waals surface area (Å²) in [7, 11) is 0. The molecule has 0 unspecified atom stereocenters. The molecule has 0 atom stereocenters. The van der Waals surface area contributed by atoms with Gasteiger partial charge in [-0.05, 0) is 37.7 Å². The van der Waals surface area contributed by atoms with Gasteiger partial charge in [0.15, 0.2) is 5.82 Å². The average molecular weight is 378 g/mol. The van der Waals surface area contributed by atoms with Gasteiger partial charge in [0.25, 0.3) is 5.56 Å². The Kier molecular flexibility index (Phi) is 4.34. The Morgan fingerprint density at radius 2 is 1.86 bits per heavy atom. The van der Waals surface area contributed by atoms with E-state index in [1.165, 1.54) is 24.9 Å². The van der Waals surface area contributed by atoms with E-state index in [0.717, 1.165) is 31.7 Å². The smallest absolute Gasteiger partial charge is 0.266 e. The normalized spacial score (nSPS) is 17.8. The fourth-order valence-corrected chi connectivity index (χ4v) is 3.74. The van der Waals surface area contributed by atoms with Crippen LogP contribution in [0.15, 0.2) is 42.0 Å². The molecule has 0 amide bonds. The van der Waals surface area contributed by atoms with Gasteiger partial charge in [-0.15, -0.1) is 5.10 Å². The number of aromatic nitrogens is 7. The molecule has 0 aromatic carbocycles. The molecule has 9 heteroatoms. The molecular weight excluding hydrogens is 356 g/mol. The molecule has 0 N–H and O–H groups in total. The minimum atomic E-state index is -0.0869. The zero-order valence-electron chi connectivity index (χ0n) is 15.6. The van der Waals surface area contributed by atoms with Gasteiger partial charge < -0.3 is 4.90 Å². The van der Waals surface area contributed by atoms with Crippen LogP contribution < -0.4 is 10.5 Å². The summed E-state index contributed by atoms with van der Waals surface area (Å²) < 4.78 is 3.11. The molecule has 4 heterocycles. The van der Waals surface area contributed by atoms with Crippen LogP contribution in [0.3, 0.4) is 0 Å². The van der Waals surface area contributed by atoms with Gasteiger partial charge >= 0.3 is 0 Å². The molecule has 2 aliphatic rings. The summed E-state index contributed by atoms with van der Waals surface area (Å²) in [6, 6.07) is 5.35. The number of anilines is 1. The Labute approximate surface area is 162 Å². The molecule has 144 valence electrons. The predicted octanol–water partition coefficient (Wildman–Crippen LogP) is 1.41. The van der Waals surface area contributed by atoms with Crippen molar-refractivity contribution < 1.29 is 0 Å². The van der Waals surface area contributed by atoms with Gasteiger partial charge in [-0.2, -0.15) is 5.10 Å². The van der Waals surface area contributed by atoms with Crippen molar-refractivity contribution in [3.05, 3.63) is 53.2 Å². The third kappa shape index (κ3) is 3.51. The van der Waals surface area contributed by atoms with Crippen LogP contribution >= 0.6 is 0 Å². The topological polar surface area (TPSA) is 94.6 Å². The zero-order chi connectivity index (χ0) is 18.9. The molecule has 2 fully saturated rings. The quantitative estimate of drug-likeness (QED) is 0.662. The summed E-state index contributed by atoms with van der Waals surface area (Å²) >= 11 is 0. The van der Waals surface area contributed by atoms with Crippen LogP contribution in [-0.4, -0.2) is 47.6 Å². The molecule has 28 heavy (non-hydrogen) atoms. The molecule has 1 aliphatic heterocycles. The van der Waals surface area contributed by atoms with Crippen LogP contribution in [0.1, 0.15) is 37.3 Å². The van der Waals surface area contributed by atoms with Crippen LogP contribution in [-0.2, 0) is 6.54 Å². The number of piperidine rings is 1. The van der Waals surface area contributed by atoms with E-state index in [4.69, 9.17) is 0 Å². The first-order chi connectivity index (χ1) is 13.8. The molecule has 0 radical (unpaired) electrons. The Morgan fingerprint density at radius 1 is 1.00 bits per heavy atom. The highest BCUT2D eigenvalue weighted by molar-refractivity contribution is 5.40. The van der Waals surface area contributed by atoms with E-state index in [1.54, 1.807) is 34.2 Å². The lowest BCUT2D eigenvalue weighted by atomic mass is 9.97. The van der Waals surface area contributed by atoms with Gasteiger partial charge in [-0.3, -0.25) is 4.79 Å². The molecule has 1 aliphatic carbocycles. The van der Waals surface area contributed by atoms with Crippen LogP contribution in [0.5, 0.6) is 0 Å². The Bertz CT molecular complexity index is 1000. The largest absolute Gasteiger partial charge is 0.356 e. The molecule has 3 aromatic rings. The van der Waals surface area contributed by atoms with E-state index in [1.807, 2.05) is 0 Å². The standard InChI is InChI=1S/C19H22N8O/c28-19-4-3-17(27-13-20-11-23-27)24-26(19)10-14-5-7-25(8-6-14)18-9-16(15-1-2-15)21-12-22-18/h3-4,9,11-15H,1-2,5-8,10H2. The number of nitrogens with zero attached hydrogens (tertiary/aromatic N) is 8. The second kappa shape index (κ2) is 7.14. The maximum atomic E-state index is 12.2. The number of hydrogen-bond donors (Lipinski definition) is 0. The maximum absolute atomic E-state index is 12.2. The van der Waals surface area contributed by atoms with Gasteiger partial charge in [0.2, 0.25) is 0 Å². The first-order valence-electron chi connectivity index (χ1n) is 9.76. The van der Waals surface area contributed by atoms with Crippen molar-refractivity contribution in [2.75, 3.05) is 18.0 Å². The molecule has 3 aromatic heterocycles. The lowest BCUT2D eigenvalue weighted by molar-refractivity contribution is 0.333. The summed E-state index contributed by atoms with van der Waals surface area (Å²) in [5.41, 5.74) is 1.09. The van der Waals surface area contributed by atoms with Gasteiger partial charge in [0.1, 0.15) is 24.8 Å². The summed E-state index contributed by atoms with van der Waals surface area (Å²) in [6.07, 6.45) is 9.22. The highest BCUT2D eigenvalue weighted by atomic mass is 16.1. The van der Waals surface area contributed by atoms with Gasteiger partial charge in [0, 0.05) is 43.4 Å². The maximum Gasteiger partial charge on any atom is 0.266 e. The van der Waals surface area contributed by atoms with Crippen molar-refractivity contribution in [1.29, 1.82) is 0 Å². The van der Waals surface area contributed by atoms with E-state index < -0.39 is 0 Å². The minimum Gasteiger partial charge on any atom is -0.356 e. The Balaban J connectivity index is 1.25. The molecule has 1 saturated carbocycles. The highest BCUT2D eigenvalue weighted by Gasteiger charge is 2.27. The molecule has 0 bridgehead atoms. The SMILES string of the molecule is O=c1ccc(-n2cncn2)nn1CC1CCN(c2cc(C3CC3)ncn2)CC1. The van der Waals surface area contributed by atoms with Crippen molar-refractivity contribution in [2.45, 2.75) is 38.1 Å². The Hall–Kier alpha value is -3.10. The fraction of sp³-hybridized carbons (Fsp3) is 0.474. The number of hydrogen-bond acceptors (Lipinski definition) is 7. The average Bonchev–Trinajstić information content (AvgIpc) is 3.45. The van der Waals surface area contributed by atoms with Gasteiger partial charge in [-0.1, -0.05) is 0 Å². The van der Waals surface area contributed by atoms with Crippen LogP contribution in [0.2, 0.25) is 0 Å². The van der Waals surface area contributed by atoms with Crippen molar-refractivity contribution in [3.63, 3.8) is 0 Å². The van der Waals surface area contributed by atoms with E-state index in [-0.39, 0.29) is 5.56 Å². The van der Waals surface area contributed by atoms with E-state index in [9.17, 15) is 4.79 Å². The summed E-state index contributed by atoms with van der Waals surface area (Å²) in [5.74, 6) is 2.67. The monoisotopic (exact) mass is 378 g/mol. The summed E-state index contributed by atoms with van der Waals surface area (Å²) in [5, 5.41) is 8.53. The summed E-state index contributed by atoms with van der Waals surface area (Å²) in [4.78, 5) is 27.4. The van der Waals surface area contributed by atoms with Crippen molar-refractivity contribution in [1.82, 2.24) is 34.5 Å². The van der Waals surface area contributed by atoms with Crippen molar-refractivity contribution >= 4 is 5.82 Å². The second-order valence-electron chi connectivity index (χ2n) is 7.56. The number of rotatable bonds is 5. The van der Waals surface area contributed by atoms with E-state index in [0.29, 0.717) is 24.2 Å². The highest BCUT2D eigenvalue weighted by Crippen LogP contribution is 2.39. The van der Waals surface area contributed by atoms with Crippen LogP contribution in [0, 0.1) is 5.92 Å². The minimum absolute atomic E-state index is 0.0869. The molecule has 0 spiro atoms. The van der Waals surface area contributed by atoms with E-state index >= 15 is 0 Å². The van der Waals surface area contributed by atoms with Crippen molar-refractivity contribution in [3.8, 4) is 5.82 Å². The third-order valence-corrected chi connectivity index (χ3v) is 5.55. The molecule has 5 rings (SSSR count). The molecule has 1 saturated heterocycles.